The number of hydrogen-bond acceptors (Lipinski definition) is 1. The first-order chi connectivity index (χ1) is 6.80. The highest BCUT2D eigenvalue weighted by molar-refractivity contribution is 7.78. The molecule has 14 heavy (non-hydrogen) atoms. The minimum absolute atomic E-state index is 0.121. The first-order valence-corrected chi connectivity index (χ1v) is 6.26. The monoisotopic (exact) mass is 209 g/mol. The lowest BCUT2D eigenvalue weighted by Gasteiger charge is -1.89. The first kappa shape index (κ1) is 11.3. The van der Waals surface area contributed by atoms with E-state index in [9.17, 15) is 4.79 Å². The summed E-state index contributed by atoms with van der Waals surface area (Å²) in [4.78, 5) is 10.6. The molecule has 76 valence electrons. The lowest BCUT2D eigenvalue weighted by atomic mass is 10.2. The van der Waals surface area contributed by atoms with Gasteiger partial charge in [-0.05, 0) is 31.5 Å². The summed E-state index contributed by atoms with van der Waals surface area (Å²) in [6.45, 7) is 1.56. The Bertz CT molecular complexity index is 257. The number of carbonyl (C=O) groups is 1. The quantitative estimate of drug-likeness (QED) is 0.394. The highest BCUT2D eigenvalue weighted by atomic mass is 32.2. The molecule has 0 atom stereocenters. The smallest absolute Gasteiger partial charge is 0.159 e. The summed E-state index contributed by atoms with van der Waals surface area (Å²) in [7, 11) is 0. The summed E-state index contributed by atoms with van der Waals surface area (Å²) in [5.41, 5.74) is 0.775. The SMILES string of the molecule is C1CC[SH+]C1.CC(=O)c1ccccc1. The topological polar surface area (TPSA) is 17.1 Å². The molecule has 1 aromatic carbocycles. The van der Waals surface area contributed by atoms with E-state index in [1.165, 1.54) is 24.3 Å². The Labute approximate surface area is 89.9 Å². The standard InChI is InChI=1S/C8H8O.C4H8S/c1-7(9)8-5-3-2-4-6-8;1-2-4-5-3-1/h2-6H,1H3;1-4H2/p+1. The van der Waals surface area contributed by atoms with Crippen molar-refractivity contribution in [2.75, 3.05) is 11.5 Å². The predicted octanol–water partition coefficient (Wildman–Crippen LogP) is 2.48. The Kier molecular flexibility index (Phi) is 5.38. The van der Waals surface area contributed by atoms with Crippen molar-refractivity contribution in [2.45, 2.75) is 19.8 Å². The average Bonchev–Trinajstić information content (AvgIpc) is 2.77. The predicted molar refractivity (Wildman–Crippen MR) is 64.2 cm³/mol. The molecular weight excluding hydrogens is 192 g/mol. The number of ketones is 1. The van der Waals surface area contributed by atoms with Gasteiger partial charge in [-0.1, -0.05) is 30.3 Å². The van der Waals surface area contributed by atoms with Gasteiger partial charge in [-0.2, -0.15) is 0 Å². The van der Waals surface area contributed by atoms with E-state index in [1.54, 1.807) is 18.7 Å². The molecule has 1 saturated heterocycles. The zero-order chi connectivity index (χ0) is 10.2. The number of rotatable bonds is 1. The summed E-state index contributed by atoms with van der Waals surface area (Å²) < 4.78 is 0. The second kappa shape index (κ2) is 6.66. The molecule has 1 aliphatic rings. The zero-order valence-corrected chi connectivity index (χ0v) is 9.47. The van der Waals surface area contributed by atoms with Crippen LogP contribution in [0.3, 0.4) is 0 Å². The van der Waals surface area contributed by atoms with Gasteiger partial charge in [0.15, 0.2) is 5.78 Å². The Morgan fingerprint density at radius 2 is 1.71 bits per heavy atom. The van der Waals surface area contributed by atoms with Crippen LogP contribution in [-0.4, -0.2) is 17.3 Å². The van der Waals surface area contributed by atoms with Crippen molar-refractivity contribution in [2.24, 2.45) is 0 Å². The van der Waals surface area contributed by atoms with Crippen molar-refractivity contribution in [3.8, 4) is 0 Å². The van der Waals surface area contributed by atoms with Gasteiger partial charge >= 0.3 is 0 Å². The van der Waals surface area contributed by atoms with Gasteiger partial charge in [-0.15, -0.1) is 0 Å². The Balaban J connectivity index is 0.000000165. The molecule has 1 aromatic rings. The van der Waals surface area contributed by atoms with Crippen LogP contribution >= 0.6 is 0 Å². The summed E-state index contributed by atoms with van der Waals surface area (Å²) in [6, 6.07) is 9.23. The minimum Gasteiger partial charge on any atom is -0.295 e. The maximum absolute atomic E-state index is 10.6. The van der Waals surface area contributed by atoms with Gasteiger partial charge in [0.25, 0.3) is 0 Å². The zero-order valence-electron chi connectivity index (χ0n) is 8.57. The fourth-order valence-corrected chi connectivity index (χ4v) is 2.35. The van der Waals surface area contributed by atoms with Gasteiger partial charge in [0.1, 0.15) is 11.5 Å². The van der Waals surface area contributed by atoms with Crippen molar-refractivity contribution in [3.05, 3.63) is 35.9 Å². The third-order valence-corrected chi connectivity index (χ3v) is 3.33. The maximum atomic E-state index is 10.6. The highest BCUT2D eigenvalue weighted by Crippen LogP contribution is 1.99. The van der Waals surface area contributed by atoms with E-state index in [0.717, 1.165) is 5.56 Å². The maximum Gasteiger partial charge on any atom is 0.159 e. The van der Waals surface area contributed by atoms with Crippen molar-refractivity contribution in [1.82, 2.24) is 0 Å². The number of Topliss-reactive ketones (excluding diaryl/α,β-unsaturated/α-hetero) is 1. The minimum atomic E-state index is 0.121. The Morgan fingerprint density at radius 3 is 2.00 bits per heavy atom. The Morgan fingerprint density at radius 1 is 1.14 bits per heavy atom. The van der Waals surface area contributed by atoms with Gasteiger partial charge in [0.05, 0.1) is 0 Å². The van der Waals surface area contributed by atoms with Gasteiger partial charge in [-0.3, -0.25) is 4.79 Å². The van der Waals surface area contributed by atoms with Gasteiger partial charge in [0, 0.05) is 5.56 Å². The van der Waals surface area contributed by atoms with Crippen LogP contribution in [0.25, 0.3) is 0 Å². The fraction of sp³-hybridized carbons (Fsp3) is 0.417. The second-order valence-electron chi connectivity index (χ2n) is 3.30. The van der Waals surface area contributed by atoms with Crippen molar-refractivity contribution in [1.29, 1.82) is 0 Å². The first-order valence-electron chi connectivity index (χ1n) is 5.00. The molecule has 1 aliphatic heterocycles. The molecule has 2 heteroatoms. The van der Waals surface area contributed by atoms with E-state index in [-0.39, 0.29) is 5.78 Å². The lowest BCUT2D eigenvalue weighted by Crippen LogP contribution is -1.88. The summed E-state index contributed by atoms with van der Waals surface area (Å²) in [5, 5.41) is 0. The largest absolute Gasteiger partial charge is 0.295 e. The molecule has 0 saturated carbocycles. The van der Waals surface area contributed by atoms with Crippen LogP contribution in [0.4, 0.5) is 0 Å². The van der Waals surface area contributed by atoms with E-state index >= 15 is 0 Å². The lowest BCUT2D eigenvalue weighted by molar-refractivity contribution is 0.101. The molecule has 0 bridgehead atoms. The number of carbonyl (C=O) groups excluding carboxylic acids is 1. The third-order valence-electron chi connectivity index (χ3n) is 2.06. The molecule has 1 heterocycles. The highest BCUT2D eigenvalue weighted by Gasteiger charge is 2.04. The summed E-state index contributed by atoms with van der Waals surface area (Å²) in [5.74, 6) is 3.07. The van der Waals surface area contributed by atoms with Crippen LogP contribution in [0, 0.1) is 0 Å². The van der Waals surface area contributed by atoms with Crippen molar-refractivity contribution >= 4 is 17.5 Å². The molecule has 1 fully saturated rings. The molecule has 0 aliphatic carbocycles. The molecular formula is C12H17OS+. The van der Waals surface area contributed by atoms with Crippen molar-refractivity contribution in [3.63, 3.8) is 0 Å². The van der Waals surface area contributed by atoms with Gasteiger partial charge in [0.2, 0.25) is 0 Å². The van der Waals surface area contributed by atoms with Gasteiger partial charge < -0.3 is 0 Å². The van der Waals surface area contributed by atoms with Crippen LogP contribution in [0.1, 0.15) is 30.1 Å². The van der Waals surface area contributed by atoms with Crippen LogP contribution in [-0.2, 0) is 11.8 Å². The molecule has 0 N–H and O–H groups in total. The molecule has 0 unspecified atom stereocenters. The number of benzene rings is 1. The van der Waals surface area contributed by atoms with E-state index in [1.807, 2.05) is 30.3 Å². The van der Waals surface area contributed by atoms with Gasteiger partial charge in [-0.25, -0.2) is 0 Å². The number of thiol groups is 1. The van der Waals surface area contributed by atoms with Crippen LogP contribution in [0.15, 0.2) is 30.3 Å². The second-order valence-corrected chi connectivity index (χ2v) is 4.64. The average molecular weight is 209 g/mol. The molecule has 0 radical (unpaired) electrons. The number of hydrogen-bond donors (Lipinski definition) is 0. The van der Waals surface area contributed by atoms with E-state index < -0.39 is 0 Å². The van der Waals surface area contributed by atoms with Crippen LogP contribution in [0.5, 0.6) is 0 Å². The van der Waals surface area contributed by atoms with Crippen molar-refractivity contribution < 1.29 is 4.79 Å². The van der Waals surface area contributed by atoms with Crippen LogP contribution < -0.4 is 0 Å². The van der Waals surface area contributed by atoms with E-state index in [4.69, 9.17) is 0 Å². The van der Waals surface area contributed by atoms with Crippen LogP contribution in [0.2, 0.25) is 0 Å². The normalized spacial score (nSPS) is 14.4. The third kappa shape index (κ3) is 4.47. The molecule has 2 rings (SSSR count). The van der Waals surface area contributed by atoms with E-state index in [2.05, 4.69) is 0 Å². The molecule has 0 amide bonds. The van der Waals surface area contributed by atoms with E-state index in [0.29, 0.717) is 0 Å². The Hall–Kier alpha value is -0.760. The fourth-order valence-electron chi connectivity index (χ4n) is 1.23. The molecule has 1 nitrogen and oxygen atoms in total. The summed E-state index contributed by atoms with van der Waals surface area (Å²) >= 11 is 1.69. The summed E-state index contributed by atoms with van der Waals surface area (Å²) in [6.07, 6.45) is 2.98. The molecule has 0 spiro atoms. The molecule has 0 aromatic heterocycles.